The van der Waals surface area contributed by atoms with Gasteiger partial charge in [-0.1, -0.05) is 0 Å². The Labute approximate surface area is 81.9 Å². The molecule has 13 heavy (non-hydrogen) atoms. The first-order valence-corrected chi connectivity index (χ1v) is 5.66. The molecule has 1 fully saturated rings. The molecular weight excluding hydrogens is 191 g/mol. The van der Waals surface area contributed by atoms with Crippen molar-refractivity contribution in [2.24, 2.45) is 5.41 Å². The first-order chi connectivity index (χ1) is 6.07. The lowest BCUT2D eigenvalue weighted by Gasteiger charge is -2.37. The van der Waals surface area contributed by atoms with Gasteiger partial charge in [0.15, 0.2) is 0 Å². The average molecular weight is 206 g/mol. The van der Waals surface area contributed by atoms with Crippen molar-refractivity contribution in [3.05, 3.63) is 0 Å². The van der Waals surface area contributed by atoms with Crippen LogP contribution in [-0.2, 0) is 4.79 Å². The molecule has 0 radical (unpaired) electrons. The molecule has 0 saturated carbocycles. The maximum absolute atomic E-state index is 13.3. The second-order valence-corrected chi connectivity index (χ2v) is 4.89. The van der Waals surface area contributed by atoms with Gasteiger partial charge in [-0.15, -0.1) is 0 Å². The molecule has 1 heterocycles. The number of carbonyl (C=O) groups is 1. The molecule has 1 saturated heterocycles. The molecule has 2 nitrogen and oxygen atoms in total. The minimum absolute atomic E-state index is 0.0226. The van der Waals surface area contributed by atoms with E-state index in [2.05, 4.69) is 0 Å². The summed E-state index contributed by atoms with van der Waals surface area (Å²) in [4.78, 5) is 10.6. The van der Waals surface area contributed by atoms with E-state index in [1.54, 1.807) is 11.8 Å². The second-order valence-electron chi connectivity index (χ2n) is 3.66. The third-order valence-electron chi connectivity index (χ3n) is 2.84. The number of hydrogen-bond acceptors (Lipinski definition) is 2. The number of hydrogen-bond donors (Lipinski definition) is 1. The van der Waals surface area contributed by atoms with Crippen molar-refractivity contribution in [3.8, 4) is 0 Å². The van der Waals surface area contributed by atoms with Crippen LogP contribution >= 0.6 is 11.8 Å². The highest BCUT2D eigenvalue weighted by atomic mass is 32.2. The zero-order valence-corrected chi connectivity index (χ0v) is 8.57. The Morgan fingerprint density at radius 1 is 1.62 bits per heavy atom. The molecule has 1 unspecified atom stereocenters. The summed E-state index contributed by atoms with van der Waals surface area (Å²) in [6.07, 6.45) is 0.360. The molecule has 1 rings (SSSR count). The number of halogens is 1. The van der Waals surface area contributed by atoms with Gasteiger partial charge in [-0.05, 0) is 31.3 Å². The average Bonchev–Trinajstić information content (AvgIpc) is 2.04. The zero-order valence-electron chi connectivity index (χ0n) is 7.75. The number of carboxylic acids is 1. The number of aliphatic carboxylic acids is 1. The molecule has 1 aliphatic rings. The Balaban J connectivity index is 2.67. The fraction of sp³-hybridized carbons (Fsp3) is 0.889. The highest BCUT2D eigenvalue weighted by Crippen LogP contribution is 2.42. The SMILES string of the molecule is CC(F)C1(CC(=O)O)CCSCC1. The molecule has 0 aromatic carbocycles. The predicted octanol–water partition coefficient (Wildman–Crippen LogP) is 2.33. The zero-order chi connectivity index (χ0) is 9.90. The summed E-state index contributed by atoms with van der Waals surface area (Å²) in [5.41, 5.74) is -0.586. The van der Waals surface area contributed by atoms with Crippen molar-refractivity contribution in [3.63, 3.8) is 0 Å². The Kier molecular flexibility index (Phi) is 3.59. The summed E-state index contributed by atoms with van der Waals surface area (Å²) < 4.78 is 13.3. The maximum atomic E-state index is 13.3. The number of carboxylic acid groups (broad SMARTS) is 1. The topological polar surface area (TPSA) is 37.3 Å². The van der Waals surface area contributed by atoms with Gasteiger partial charge in [0.1, 0.15) is 6.17 Å². The van der Waals surface area contributed by atoms with Gasteiger partial charge in [0.05, 0.1) is 6.42 Å². The van der Waals surface area contributed by atoms with E-state index >= 15 is 0 Å². The smallest absolute Gasteiger partial charge is 0.304 e. The number of thioether (sulfide) groups is 1. The van der Waals surface area contributed by atoms with E-state index < -0.39 is 17.6 Å². The van der Waals surface area contributed by atoms with Gasteiger partial charge in [-0.3, -0.25) is 4.79 Å². The van der Waals surface area contributed by atoms with Crippen LogP contribution in [0.5, 0.6) is 0 Å². The van der Waals surface area contributed by atoms with Crippen LogP contribution in [0.3, 0.4) is 0 Å². The third-order valence-corrected chi connectivity index (χ3v) is 3.82. The molecule has 0 amide bonds. The first-order valence-electron chi connectivity index (χ1n) is 4.50. The first kappa shape index (κ1) is 10.8. The van der Waals surface area contributed by atoms with Gasteiger partial charge < -0.3 is 5.11 Å². The van der Waals surface area contributed by atoms with Gasteiger partial charge in [-0.2, -0.15) is 11.8 Å². The number of alkyl halides is 1. The van der Waals surface area contributed by atoms with Gasteiger partial charge in [0.2, 0.25) is 0 Å². The van der Waals surface area contributed by atoms with Crippen LogP contribution in [0, 0.1) is 5.41 Å². The Morgan fingerprint density at radius 3 is 2.54 bits per heavy atom. The van der Waals surface area contributed by atoms with Crippen LogP contribution in [0.15, 0.2) is 0 Å². The van der Waals surface area contributed by atoms with Crippen molar-refractivity contribution < 1.29 is 14.3 Å². The minimum Gasteiger partial charge on any atom is -0.481 e. The Hall–Kier alpha value is -0.250. The monoisotopic (exact) mass is 206 g/mol. The fourth-order valence-corrected chi connectivity index (χ4v) is 3.10. The lowest BCUT2D eigenvalue weighted by Crippen LogP contribution is -2.36. The molecule has 0 bridgehead atoms. The van der Waals surface area contributed by atoms with Crippen molar-refractivity contribution in [2.45, 2.75) is 32.4 Å². The highest BCUT2D eigenvalue weighted by molar-refractivity contribution is 7.99. The lowest BCUT2D eigenvalue weighted by molar-refractivity contribution is -0.141. The fourth-order valence-electron chi connectivity index (χ4n) is 1.79. The van der Waals surface area contributed by atoms with Crippen molar-refractivity contribution in [1.82, 2.24) is 0 Å². The van der Waals surface area contributed by atoms with E-state index in [0.717, 1.165) is 11.5 Å². The predicted molar refractivity (Wildman–Crippen MR) is 51.8 cm³/mol. The third kappa shape index (κ3) is 2.59. The van der Waals surface area contributed by atoms with Gasteiger partial charge in [0.25, 0.3) is 0 Å². The summed E-state index contributed by atoms with van der Waals surface area (Å²) in [5.74, 6) is 0.903. The van der Waals surface area contributed by atoms with Crippen molar-refractivity contribution >= 4 is 17.7 Å². The van der Waals surface area contributed by atoms with Crippen LogP contribution in [0.1, 0.15) is 26.2 Å². The summed E-state index contributed by atoms with van der Waals surface area (Å²) in [7, 11) is 0. The Morgan fingerprint density at radius 2 is 2.15 bits per heavy atom. The summed E-state index contributed by atoms with van der Waals surface area (Å²) in [5, 5.41) is 8.71. The van der Waals surface area contributed by atoms with E-state index in [1.165, 1.54) is 6.92 Å². The minimum atomic E-state index is -1.01. The molecule has 1 aliphatic heterocycles. The molecule has 0 aliphatic carbocycles. The summed E-state index contributed by atoms with van der Waals surface area (Å²) in [6, 6.07) is 0. The molecule has 76 valence electrons. The maximum Gasteiger partial charge on any atom is 0.304 e. The van der Waals surface area contributed by atoms with Crippen molar-refractivity contribution in [1.29, 1.82) is 0 Å². The normalized spacial score (nSPS) is 23.8. The van der Waals surface area contributed by atoms with E-state index in [-0.39, 0.29) is 6.42 Å². The molecule has 1 atom stereocenters. The highest BCUT2D eigenvalue weighted by Gasteiger charge is 2.39. The van der Waals surface area contributed by atoms with Crippen molar-refractivity contribution in [2.75, 3.05) is 11.5 Å². The summed E-state index contributed by atoms with van der Waals surface area (Å²) >= 11 is 1.78. The molecule has 0 aromatic rings. The van der Waals surface area contributed by atoms with E-state index in [1.807, 2.05) is 0 Å². The second kappa shape index (κ2) is 4.31. The van der Waals surface area contributed by atoms with E-state index in [0.29, 0.717) is 12.8 Å². The van der Waals surface area contributed by atoms with Gasteiger partial charge >= 0.3 is 5.97 Å². The van der Waals surface area contributed by atoms with E-state index in [9.17, 15) is 9.18 Å². The van der Waals surface area contributed by atoms with Crippen LogP contribution in [0.25, 0.3) is 0 Å². The summed E-state index contributed by atoms with van der Waals surface area (Å²) in [6.45, 7) is 1.49. The van der Waals surface area contributed by atoms with Crippen LogP contribution < -0.4 is 0 Å². The molecule has 4 heteroatoms. The number of rotatable bonds is 3. The standard InChI is InChI=1S/C9H15FO2S/c1-7(10)9(6-8(11)12)2-4-13-5-3-9/h7H,2-6H2,1H3,(H,11,12). The molecular formula is C9H15FO2S. The van der Waals surface area contributed by atoms with Crippen LogP contribution in [0.2, 0.25) is 0 Å². The lowest BCUT2D eigenvalue weighted by atomic mass is 9.75. The molecule has 0 spiro atoms. The van der Waals surface area contributed by atoms with Crippen LogP contribution in [-0.4, -0.2) is 28.8 Å². The van der Waals surface area contributed by atoms with Gasteiger partial charge in [0, 0.05) is 5.41 Å². The Bertz CT molecular complexity index is 188. The van der Waals surface area contributed by atoms with Crippen LogP contribution in [0.4, 0.5) is 4.39 Å². The molecule has 1 N–H and O–H groups in total. The van der Waals surface area contributed by atoms with Gasteiger partial charge in [-0.25, -0.2) is 4.39 Å². The largest absolute Gasteiger partial charge is 0.481 e. The molecule has 0 aromatic heterocycles. The quantitative estimate of drug-likeness (QED) is 0.770. The van der Waals surface area contributed by atoms with E-state index in [4.69, 9.17) is 5.11 Å².